The van der Waals surface area contributed by atoms with Crippen molar-refractivity contribution < 1.29 is 4.79 Å². The average Bonchev–Trinajstić information content (AvgIpc) is 1.27. The molecule has 0 amide bonds. The Kier molecular flexibility index (Phi) is 7.48. The van der Waals surface area contributed by atoms with Crippen LogP contribution in [0.3, 0.4) is 0 Å². The van der Waals surface area contributed by atoms with Crippen molar-refractivity contribution in [2.45, 2.75) is 10.7 Å². The Bertz CT molecular complexity index is 75.0. The Hall–Kier alpha value is 0.250. The Morgan fingerprint density at radius 2 is 1.50 bits per heavy atom. The molecule has 5 heteroatoms. The highest BCUT2D eigenvalue weighted by atomic mass is 35.6. The van der Waals surface area contributed by atoms with Gasteiger partial charge in [-0.1, -0.05) is 34.8 Å². The summed E-state index contributed by atoms with van der Waals surface area (Å²) in [4.78, 5) is 8.35. The number of hydrogen-bond donors (Lipinski definition) is 1. The van der Waals surface area contributed by atoms with E-state index in [1.807, 2.05) is 0 Å². The number of halogens is 3. The van der Waals surface area contributed by atoms with Gasteiger partial charge in [-0.15, -0.1) is 0 Å². The molecule has 8 heavy (non-hydrogen) atoms. The maximum atomic E-state index is 8.35. The molecule has 0 atom stereocenters. The minimum atomic E-state index is -1.08. The third kappa shape index (κ3) is 2760. The highest BCUT2D eigenvalue weighted by Gasteiger charge is 2.07. The van der Waals surface area contributed by atoms with Crippen LogP contribution in [0.2, 0.25) is 0 Å². The van der Waals surface area contributed by atoms with Crippen LogP contribution in [0.15, 0.2) is 0 Å². The smallest absolute Gasteiger partial charge is 0.222 e. The second-order valence-electron chi connectivity index (χ2n) is 0.883. The Morgan fingerprint density at radius 1 is 1.50 bits per heavy atom. The molecule has 0 spiro atoms. The second-order valence-corrected chi connectivity index (χ2v) is 3.73. The van der Waals surface area contributed by atoms with Gasteiger partial charge in [-0.2, -0.15) is 0 Å². The van der Waals surface area contributed by atoms with Gasteiger partial charge in [0.1, 0.15) is 0 Å². The SMILES string of the molecule is CC(Cl)(Cl)Cl.N=C=O. The summed E-state index contributed by atoms with van der Waals surface area (Å²) in [7, 11) is 0. The van der Waals surface area contributed by atoms with Crippen LogP contribution in [-0.4, -0.2) is 9.87 Å². The fourth-order valence-electron chi connectivity index (χ4n) is 0. The van der Waals surface area contributed by atoms with Crippen LogP contribution in [0.4, 0.5) is 0 Å². The third-order valence-electron chi connectivity index (χ3n) is 0. The Balaban J connectivity index is 0. The van der Waals surface area contributed by atoms with Gasteiger partial charge in [0.2, 0.25) is 6.08 Å². The van der Waals surface area contributed by atoms with E-state index in [1.54, 1.807) is 0 Å². The topological polar surface area (TPSA) is 40.9 Å². The van der Waals surface area contributed by atoms with Crippen LogP contribution in [-0.2, 0) is 4.79 Å². The maximum Gasteiger partial charge on any atom is 0.231 e. The first kappa shape index (κ1) is 11.1. The van der Waals surface area contributed by atoms with E-state index in [1.165, 1.54) is 6.92 Å². The number of alkyl halides is 3. The minimum Gasteiger partial charge on any atom is -0.222 e. The van der Waals surface area contributed by atoms with Crippen LogP contribution in [0.25, 0.3) is 0 Å². The molecule has 0 aromatic rings. The molecule has 2 nitrogen and oxygen atoms in total. The Morgan fingerprint density at radius 3 is 1.50 bits per heavy atom. The lowest BCUT2D eigenvalue weighted by molar-refractivity contribution is 0.563. The van der Waals surface area contributed by atoms with E-state index >= 15 is 0 Å². The molecule has 0 unspecified atom stereocenters. The lowest BCUT2D eigenvalue weighted by Gasteiger charge is -1.94. The summed E-state index contributed by atoms with van der Waals surface area (Å²) in [6, 6.07) is 0. The van der Waals surface area contributed by atoms with E-state index in [-0.39, 0.29) is 0 Å². The largest absolute Gasteiger partial charge is 0.231 e. The molecular weight excluding hydrogens is 172 g/mol. The van der Waals surface area contributed by atoms with Crippen molar-refractivity contribution in [2.24, 2.45) is 0 Å². The van der Waals surface area contributed by atoms with Gasteiger partial charge in [0.05, 0.1) is 0 Å². The molecule has 0 radical (unpaired) electrons. The summed E-state index contributed by atoms with van der Waals surface area (Å²) >= 11 is 15.2. The summed E-state index contributed by atoms with van der Waals surface area (Å²) in [5.41, 5.74) is 0. The maximum absolute atomic E-state index is 8.35. The number of nitrogens with one attached hydrogen (secondary N) is 1. The van der Waals surface area contributed by atoms with Gasteiger partial charge in [-0.25, -0.2) is 10.2 Å². The van der Waals surface area contributed by atoms with Crippen molar-refractivity contribution in [1.29, 1.82) is 5.41 Å². The quantitative estimate of drug-likeness (QED) is 0.343. The normalized spacial score (nSPS) is 8.50. The molecule has 0 aliphatic carbocycles. The third-order valence-corrected chi connectivity index (χ3v) is 0. The van der Waals surface area contributed by atoms with Crippen molar-refractivity contribution in [3.63, 3.8) is 0 Å². The predicted octanol–water partition coefficient (Wildman–Crippen LogP) is 2.28. The van der Waals surface area contributed by atoms with Gasteiger partial charge >= 0.3 is 0 Å². The highest BCUT2D eigenvalue weighted by molar-refractivity contribution is 6.67. The molecular formula is C3H4Cl3NO. The van der Waals surface area contributed by atoms with Crippen molar-refractivity contribution in [3.05, 3.63) is 0 Å². The number of rotatable bonds is 0. The first-order valence-corrected chi connectivity index (χ1v) is 2.65. The summed E-state index contributed by atoms with van der Waals surface area (Å²) < 4.78 is -1.08. The van der Waals surface area contributed by atoms with Crippen LogP contribution in [0.1, 0.15) is 6.92 Å². The molecule has 0 fully saturated rings. The van der Waals surface area contributed by atoms with Crippen molar-refractivity contribution in [2.75, 3.05) is 0 Å². The van der Waals surface area contributed by atoms with Gasteiger partial charge < -0.3 is 0 Å². The number of isocyanates is 1. The molecule has 0 saturated carbocycles. The second kappa shape index (κ2) is 5.39. The van der Waals surface area contributed by atoms with Gasteiger partial charge in [0.15, 0.2) is 3.79 Å². The standard InChI is InChI=1S/C2H3Cl3.CHNO/c1-2(3,4)5;2-1-3/h1H3;2H. The molecule has 0 bridgehead atoms. The molecule has 0 aromatic heterocycles. The van der Waals surface area contributed by atoms with Crippen LogP contribution < -0.4 is 0 Å². The van der Waals surface area contributed by atoms with Crippen LogP contribution in [0.5, 0.6) is 0 Å². The molecule has 1 N–H and O–H groups in total. The highest BCUT2D eigenvalue weighted by Crippen LogP contribution is 2.23. The predicted molar refractivity (Wildman–Crippen MR) is 34.4 cm³/mol. The Labute approximate surface area is 62.2 Å². The van der Waals surface area contributed by atoms with E-state index < -0.39 is 3.79 Å². The fourth-order valence-corrected chi connectivity index (χ4v) is 0. The fraction of sp³-hybridized carbons (Fsp3) is 0.667. The van der Waals surface area contributed by atoms with E-state index in [0.717, 1.165) is 6.08 Å². The first-order chi connectivity index (χ1) is 3.41. The van der Waals surface area contributed by atoms with Crippen LogP contribution in [0, 0.1) is 5.41 Å². The first-order valence-electron chi connectivity index (χ1n) is 1.52. The number of hydrogen-bond acceptors (Lipinski definition) is 2. The van der Waals surface area contributed by atoms with Gasteiger partial charge in [0, 0.05) is 0 Å². The molecule has 0 aliphatic heterocycles. The van der Waals surface area contributed by atoms with Gasteiger partial charge in [-0.05, 0) is 6.92 Å². The average molecular weight is 176 g/mol. The summed E-state index contributed by atoms with van der Waals surface area (Å²) in [6.07, 6.45) is 0.750. The summed E-state index contributed by atoms with van der Waals surface area (Å²) in [5.74, 6) is 0. The molecule has 0 rings (SSSR count). The monoisotopic (exact) mass is 175 g/mol. The molecule has 0 aliphatic rings. The lowest BCUT2D eigenvalue weighted by Crippen LogP contribution is -1.87. The van der Waals surface area contributed by atoms with Crippen molar-refractivity contribution >= 4 is 40.9 Å². The van der Waals surface area contributed by atoms with E-state index in [4.69, 9.17) is 45.0 Å². The zero-order valence-electron chi connectivity index (χ0n) is 4.04. The number of carbonyl (C=O) groups excluding carboxylic acids is 1. The van der Waals surface area contributed by atoms with Gasteiger partial charge in [0.25, 0.3) is 0 Å². The van der Waals surface area contributed by atoms with Gasteiger partial charge in [-0.3, -0.25) is 0 Å². The lowest BCUT2D eigenvalue weighted by atomic mass is 10.9. The van der Waals surface area contributed by atoms with Crippen molar-refractivity contribution in [3.8, 4) is 0 Å². The van der Waals surface area contributed by atoms with E-state index in [0.29, 0.717) is 0 Å². The molecule has 0 aromatic carbocycles. The van der Waals surface area contributed by atoms with Crippen LogP contribution >= 0.6 is 34.8 Å². The summed E-state index contributed by atoms with van der Waals surface area (Å²) in [6.45, 7) is 1.48. The minimum absolute atomic E-state index is 0.750. The molecule has 0 saturated heterocycles. The zero-order chi connectivity index (χ0) is 7.21. The molecule has 48 valence electrons. The molecule has 0 heterocycles. The van der Waals surface area contributed by atoms with E-state index in [2.05, 4.69) is 0 Å². The summed E-state index contributed by atoms with van der Waals surface area (Å²) in [5, 5.41) is 5.40. The van der Waals surface area contributed by atoms with E-state index in [9.17, 15) is 0 Å². The van der Waals surface area contributed by atoms with Crippen molar-refractivity contribution in [1.82, 2.24) is 0 Å². The zero-order valence-corrected chi connectivity index (χ0v) is 6.31.